The number of fused-ring (bicyclic) bond motifs is 1. The van der Waals surface area contributed by atoms with Crippen molar-refractivity contribution in [3.05, 3.63) is 65.2 Å². The second-order valence-electron chi connectivity index (χ2n) is 6.09. The Kier molecular flexibility index (Phi) is 10.3. The van der Waals surface area contributed by atoms with Gasteiger partial charge in [0.2, 0.25) is 0 Å². The van der Waals surface area contributed by atoms with Gasteiger partial charge in [-0.3, -0.25) is 0 Å². The Morgan fingerprint density at radius 1 is 0.917 bits per heavy atom. The van der Waals surface area contributed by atoms with Gasteiger partial charge in [-0.1, -0.05) is 63.1 Å². The monoisotopic (exact) mass is 435 g/mol. The second kappa shape index (κ2) is 10.5. The van der Waals surface area contributed by atoms with E-state index < -0.39 is 0 Å². The molecule has 0 amide bonds. The summed E-state index contributed by atoms with van der Waals surface area (Å²) in [5, 5.41) is 2.77. The van der Waals surface area contributed by atoms with Crippen molar-refractivity contribution < 1.29 is 51.0 Å². The number of rotatable bonds is 4. The van der Waals surface area contributed by atoms with Crippen LogP contribution in [0.1, 0.15) is 36.5 Å². The molecule has 0 unspecified atom stereocenters. The molecule has 0 bridgehead atoms. The molecule has 3 rings (SSSR count). The van der Waals surface area contributed by atoms with Crippen molar-refractivity contribution in [2.24, 2.45) is 0 Å². The van der Waals surface area contributed by atoms with Crippen LogP contribution in [0.2, 0.25) is 0 Å². The Labute approximate surface area is 177 Å². The van der Waals surface area contributed by atoms with Gasteiger partial charge in [-0.25, -0.2) is 0 Å². The number of benzene rings is 2. The Bertz CT molecular complexity index is 757. The molecule has 3 aromatic rings. The minimum Gasteiger partial charge on any atom is -1.00 e. The van der Waals surface area contributed by atoms with E-state index in [9.17, 15) is 0 Å². The Balaban J connectivity index is 0.00000176. The molecule has 0 nitrogen and oxygen atoms in total. The summed E-state index contributed by atoms with van der Waals surface area (Å²) in [6.45, 7) is 6.62. The van der Waals surface area contributed by atoms with Crippen LogP contribution in [0.25, 0.3) is 21.9 Å². The van der Waals surface area contributed by atoms with Crippen LogP contribution in [-0.2, 0) is 32.6 Å². The van der Waals surface area contributed by atoms with Gasteiger partial charge in [-0.15, -0.1) is 34.0 Å². The fraction of sp³-hybridized carbons (Fsp3) is 0.286. The van der Waals surface area contributed by atoms with Gasteiger partial charge in [-0.2, -0.15) is 6.07 Å². The van der Waals surface area contributed by atoms with Crippen molar-refractivity contribution in [3.8, 4) is 11.1 Å². The molecule has 0 fully saturated rings. The summed E-state index contributed by atoms with van der Waals surface area (Å²) in [6.07, 6.45) is 3.72. The molecule has 0 saturated heterocycles. The zero-order valence-electron chi connectivity index (χ0n) is 14.5. The molecule has 125 valence electrons. The summed E-state index contributed by atoms with van der Waals surface area (Å²) in [7, 11) is 0. The van der Waals surface area contributed by atoms with E-state index in [1.165, 1.54) is 57.9 Å². The van der Waals surface area contributed by atoms with Gasteiger partial charge in [0.05, 0.1) is 0 Å². The average molecular weight is 438 g/mol. The summed E-state index contributed by atoms with van der Waals surface area (Å²) >= 11 is 0. The molecule has 0 aliphatic carbocycles. The Morgan fingerprint density at radius 2 is 1.58 bits per heavy atom. The van der Waals surface area contributed by atoms with Crippen molar-refractivity contribution in [2.75, 3.05) is 0 Å². The first-order valence-corrected chi connectivity index (χ1v) is 7.95. The molecule has 3 heteroatoms. The zero-order valence-corrected chi connectivity index (χ0v) is 18.5. The maximum Gasteiger partial charge on any atom is 3.00 e. The minimum absolute atomic E-state index is 0. The summed E-state index contributed by atoms with van der Waals surface area (Å²) < 4.78 is 0. The van der Waals surface area contributed by atoms with Crippen LogP contribution in [0.15, 0.2) is 48.5 Å². The number of halogens is 2. The first kappa shape index (κ1) is 23.5. The molecule has 24 heavy (non-hydrogen) atoms. The van der Waals surface area contributed by atoms with Crippen molar-refractivity contribution >= 4 is 10.8 Å². The van der Waals surface area contributed by atoms with Gasteiger partial charge < -0.3 is 24.8 Å². The molecule has 0 N–H and O–H groups in total. The Morgan fingerprint density at radius 3 is 2.21 bits per heavy atom. The molecular weight excluding hydrogens is 414 g/mol. The average Bonchev–Trinajstić information content (AvgIpc) is 2.89. The molecule has 3 aromatic carbocycles. The fourth-order valence-corrected chi connectivity index (χ4v) is 3.07. The summed E-state index contributed by atoms with van der Waals surface area (Å²) in [4.78, 5) is 0. The van der Waals surface area contributed by atoms with Crippen molar-refractivity contribution in [3.63, 3.8) is 0 Å². The maximum absolute atomic E-state index is 2.31. The topological polar surface area (TPSA) is 0 Å². The van der Waals surface area contributed by atoms with E-state index in [1.807, 2.05) is 0 Å². The second-order valence-corrected chi connectivity index (χ2v) is 6.09. The third-order valence-corrected chi connectivity index (χ3v) is 4.33. The van der Waals surface area contributed by atoms with Gasteiger partial charge in [-0.05, 0) is 24.0 Å². The van der Waals surface area contributed by atoms with Gasteiger partial charge >= 0.3 is 26.2 Å². The van der Waals surface area contributed by atoms with Crippen LogP contribution in [0, 0.1) is 13.8 Å². The van der Waals surface area contributed by atoms with Crippen LogP contribution in [0.4, 0.5) is 0 Å². The molecule has 0 atom stereocenters. The van der Waals surface area contributed by atoms with E-state index in [0.29, 0.717) is 0 Å². The molecule has 1 radical (unpaired) electrons. The summed E-state index contributed by atoms with van der Waals surface area (Å²) in [5.74, 6) is 0. The van der Waals surface area contributed by atoms with Gasteiger partial charge in [0.15, 0.2) is 0 Å². The van der Waals surface area contributed by atoms with Crippen molar-refractivity contribution in [1.82, 2.24) is 0 Å². The maximum atomic E-state index is 2.31. The van der Waals surface area contributed by atoms with Gasteiger partial charge in [0, 0.05) is 0 Å². The number of hydrogen-bond acceptors (Lipinski definition) is 0. The first-order chi connectivity index (χ1) is 10.2. The van der Waals surface area contributed by atoms with Crippen LogP contribution in [0.3, 0.4) is 0 Å². The number of unbranched alkanes of at least 4 members (excludes halogenated alkanes) is 1. The Hall–Kier alpha value is -0.487. The quantitative estimate of drug-likeness (QED) is 0.512. The standard InChI is InChI=1S/C21H23.2ClH.Zr/c1-4-5-6-17-8-10-18(11-9-17)19-12-7-16(3)20-13-15(2)14-21(19)20;;;/h7-14H,4-6H2,1-3H3;2*1H;/q-1;;;+3/p-2. The van der Waals surface area contributed by atoms with E-state index in [-0.39, 0.29) is 51.0 Å². The number of hydrogen-bond donors (Lipinski definition) is 0. The van der Waals surface area contributed by atoms with E-state index in [2.05, 4.69) is 69.3 Å². The third-order valence-electron chi connectivity index (χ3n) is 4.33. The van der Waals surface area contributed by atoms with Crippen LogP contribution in [-0.4, -0.2) is 0 Å². The smallest absolute Gasteiger partial charge is 1.00 e. The normalized spacial score (nSPS) is 9.79. The van der Waals surface area contributed by atoms with Crippen LogP contribution >= 0.6 is 0 Å². The predicted molar refractivity (Wildman–Crippen MR) is 93.1 cm³/mol. The molecule has 0 heterocycles. The van der Waals surface area contributed by atoms with E-state index in [4.69, 9.17) is 0 Å². The molecule has 0 saturated carbocycles. The van der Waals surface area contributed by atoms with Gasteiger partial charge in [0.1, 0.15) is 0 Å². The van der Waals surface area contributed by atoms with Gasteiger partial charge in [0.25, 0.3) is 0 Å². The molecule has 0 aromatic heterocycles. The molecule has 0 spiro atoms. The predicted octanol–water partition coefficient (Wildman–Crippen LogP) is 0.191. The minimum atomic E-state index is 0. The number of aryl methyl sites for hydroxylation is 3. The first-order valence-electron chi connectivity index (χ1n) is 7.95. The van der Waals surface area contributed by atoms with E-state index in [1.54, 1.807) is 0 Å². The van der Waals surface area contributed by atoms with Crippen LogP contribution < -0.4 is 24.8 Å². The van der Waals surface area contributed by atoms with Crippen LogP contribution in [0.5, 0.6) is 0 Å². The SMILES string of the molecule is CCCCc1ccc(-c2ccc(C)c3[cH-]c(C)cc23)cc1.[Cl-].[Cl-].[Zr+3]. The molecule has 0 aliphatic heterocycles. The molecule has 0 aliphatic rings. The molecular formula is C21H23Cl2Zr. The van der Waals surface area contributed by atoms with Crippen molar-refractivity contribution in [2.45, 2.75) is 40.0 Å². The summed E-state index contributed by atoms with van der Waals surface area (Å²) in [6, 6.07) is 18.2. The summed E-state index contributed by atoms with van der Waals surface area (Å²) in [5.41, 5.74) is 6.83. The van der Waals surface area contributed by atoms with E-state index in [0.717, 1.165) is 0 Å². The third kappa shape index (κ3) is 5.01. The van der Waals surface area contributed by atoms with E-state index >= 15 is 0 Å². The fourth-order valence-electron chi connectivity index (χ4n) is 3.07. The van der Waals surface area contributed by atoms with Crippen molar-refractivity contribution in [1.29, 1.82) is 0 Å². The zero-order chi connectivity index (χ0) is 14.8. The largest absolute Gasteiger partial charge is 3.00 e.